The maximum atomic E-state index is 5.32. The minimum absolute atomic E-state index is 0.463. The predicted octanol–water partition coefficient (Wildman–Crippen LogP) is 3.65. The van der Waals surface area contributed by atoms with Crippen molar-refractivity contribution < 1.29 is 18.4 Å². The standard InChI is InChI=1S/C22H32N2O2/c1-23(2)15-22(18-9-13-20(26-6)14-10-18)24(3,4)16-21(23)17-7-11-19(25-5)12-8-17/h7-14,21-22H,15-16H2,1-6H3/q+2. The van der Waals surface area contributed by atoms with Gasteiger partial charge in [0.2, 0.25) is 0 Å². The minimum atomic E-state index is 0.463. The third-order valence-electron chi connectivity index (χ3n) is 5.98. The Labute approximate surface area is 157 Å². The van der Waals surface area contributed by atoms with E-state index in [2.05, 4.69) is 76.7 Å². The van der Waals surface area contributed by atoms with E-state index < -0.39 is 0 Å². The molecule has 0 bridgehead atoms. The Morgan fingerprint density at radius 1 is 0.615 bits per heavy atom. The number of ether oxygens (including phenoxy) is 2. The van der Waals surface area contributed by atoms with Gasteiger partial charge in [-0.2, -0.15) is 0 Å². The molecule has 26 heavy (non-hydrogen) atoms. The van der Waals surface area contributed by atoms with Crippen LogP contribution in [0, 0.1) is 0 Å². The Morgan fingerprint density at radius 2 is 0.923 bits per heavy atom. The Kier molecular flexibility index (Phi) is 5.00. The molecule has 4 heteroatoms. The fourth-order valence-electron chi connectivity index (χ4n) is 4.26. The summed E-state index contributed by atoms with van der Waals surface area (Å²) in [5, 5.41) is 0. The van der Waals surface area contributed by atoms with Crippen molar-refractivity contribution in [2.45, 2.75) is 12.1 Å². The first-order valence-electron chi connectivity index (χ1n) is 9.20. The van der Waals surface area contributed by atoms with Crippen molar-refractivity contribution >= 4 is 0 Å². The summed E-state index contributed by atoms with van der Waals surface area (Å²) in [6, 6.07) is 18.1. The SMILES string of the molecule is COc1ccc(C2C[N+](C)(C)C(c3ccc(OC)cc3)C[N+]2(C)C)cc1. The molecule has 0 spiro atoms. The minimum Gasteiger partial charge on any atom is -0.497 e. The number of hydrogen-bond donors (Lipinski definition) is 0. The van der Waals surface area contributed by atoms with E-state index in [0.717, 1.165) is 33.6 Å². The summed E-state index contributed by atoms with van der Waals surface area (Å²) in [6.45, 7) is 2.19. The van der Waals surface area contributed by atoms with Crippen LogP contribution in [0.4, 0.5) is 0 Å². The number of nitrogens with zero attached hydrogens (tertiary/aromatic N) is 2. The smallest absolute Gasteiger partial charge is 0.164 e. The fourth-order valence-corrected chi connectivity index (χ4v) is 4.26. The molecule has 0 saturated carbocycles. The number of likely N-dealkylation sites (N-methyl/N-ethyl adjacent to an activating group) is 2. The lowest BCUT2D eigenvalue weighted by atomic mass is 9.92. The Balaban J connectivity index is 1.89. The molecule has 0 aliphatic carbocycles. The predicted molar refractivity (Wildman–Crippen MR) is 105 cm³/mol. The van der Waals surface area contributed by atoms with Crippen LogP contribution in [0.5, 0.6) is 11.5 Å². The molecule has 0 amide bonds. The first-order valence-corrected chi connectivity index (χ1v) is 9.20. The van der Waals surface area contributed by atoms with Crippen LogP contribution >= 0.6 is 0 Å². The van der Waals surface area contributed by atoms with Gasteiger partial charge in [0.15, 0.2) is 12.1 Å². The van der Waals surface area contributed by atoms with Gasteiger partial charge in [-0.15, -0.1) is 0 Å². The molecule has 4 nitrogen and oxygen atoms in total. The topological polar surface area (TPSA) is 18.5 Å². The van der Waals surface area contributed by atoms with Gasteiger partial charge in [0.1, 0.15) is 24.6 Å². The van der Waals surface area contributed by atoms with E-state index in [1.54, 1.807) is 14.2 Å². The van der Waals surface area contributed by atoms with Gasteiger partial charge < -0.3 is 18.4 Å². The summed E-state index contributed by atoms with van der Waals surface area (Å²) in [7, 11) is 12.8. The highest BCUT2D eigenvalue weighted by Crippen LogP contribution is 2.41. The van der Waals surface area contributed by atoms with E-state index in [1.165, 1.54) is 11.1 Å². The summed E-state index contributed by atoms with van der Waals surface area (Å²) in [5.74, 6) is 1.83. The largest absolute Gasteiger partial charge is 0.497 e. The Hall–Kier alpha value is -2.04. The number of rotatable bonds is 4. The molecule has 0 radical (unpaired) electrons. The summed E-state index contributed by atoms with van der Waals surface area (Å²) >= 11 is 0. The van der Waals surface area contributed by atoms with E-state index in [4.69, 9.17) is 9.47 Å². The maximum Gasteiger partial charge on any atom is 0.164 e. The second kappa shape index (κ2) is 6.93. The first kappa shape index (κ1) is 18.7. The monoisotopic (exact) mass is 356 g/mol. The van der Waals surface area contributed by atoms with Gasteiger partial charge >= 0.3 is 0 Å². The average Bonchev–Trinajstić information content (AvgIpc) is 2.63. The number of quaternary nitrogens is 2. The van der Waals surface area contributed by atoms with Crippen molar-refractivity contribution in [3.05, 3.63) is 59.7 Å². The molecule has 1 heterocycles. The lowest BCUT2D eigenvalue weighted by molar-refractivity contribution is -1.04. The zero-order chi connectivity index (χ0) is 18.9. The van der Waals surface area contributed by atoms with Gasteiger partial charge in [-0.3, -0.25) is 0 Å². The molecule has 1 aliphatic heterocycles. The summed E-state index contributed by atoms with van der Waals surface area (Å²) in [4.78, 5) is 0. The van der Waals surface area contributed by atoms with Crippen molar-refractivity contribution in [2.75, 3.05) is 55.5 Å². The Bertz CT molecular complexity index is 670. The van der Waals surface area contributed by atoms with Crippen molar-refractivity contribution in [1.82, 2.24) is 0 Å². The summed E-state index contributed by atoms with van der Waals surface area (Å²) in [5.41, 5.74) is 2.77. The van der Waals surface area contributed by atoms with E-state index in [-0.39, 0.29) is 0 Å². The van der Waals surface area contributed by atoms with Gasteiger partial charge in [0.25, 0.3) is 0 Å². The highest BCUT2D eigenvalue weighted by molar-refractivity contribution is 5.30. The van der Waals surface area contributed by atoms with Crippen LogP contribution in [0.15, 0.2) is 48.5 Å². The normalized spacial score (nSPS) is 24.1. The Morgan fingerprint density at radius 3 is 1.19 bits per heavy atom. The highest BCUT2D eigenvalue weighted by Gasteiger charge is 2.48. The van der Waals surface area contributed by atoms with Crippen molar-refractivity contribution in [3.63, 3.8) is 0 Å². The number of benzene rings is 2. The molecule has 2 aromatic rings. The van der Waals surface area contributed by atoms with Crippen molar-refractivity contribution in [1.29, 1.82) is 0 Å². The second-order valence-electron chi connectivity index (χ2n) is 8.50. The lowest BCUT2D eigenvalue weighted by Gasteiger charge is -2.52. The van der Waals surface area contributed by atoms with Crippen LogP contribution in [0.3, 0.4) is 0 Å². The van der Waals surface area contributed by atoms with Crippen LogP contribution in [-0.2, 0) is 0 Å². The molecular weight excluding hydrogens is 324 g/mol. The fraction of sp³-hybridized carbons (Fsp3) is 0.455. The molecule has 2 unspecified atom stereocenters. The summed E-state index contributed by atoms with van der Waals surface area (Å²) < 4.78 is 12.6. The molecule has 0 aromatic heterocycles. The van der Waals surface area contributed by atoms with Crippen molar-refractivity contribution in [3.8, 4) is 11.5 Å². The van der Waals surface area contributed by atoms with Crippen LogP contribution in [0.1, 0.15) is 23.2 Å². The quantitative estimate of drug-likeness (QED) is 0.779. The lowest BCUT2D eigenvalue weighted by Crippen LogP contribution is -2.63. The van der Waals surface area contributed by atoms with E-state index in [0.29, 0.717) is 12.1 Å². The third-order valence-corrected chi connectivity index (χ3v) is 5.98. The molecule has 3 rings (SSSR count). The molecule has 2 atom stereocenters. The molecule has 0 N–H and O–H groups in total. The average molecular weight is 357 g/mol. The zero-order valence-corrected chi connectivity index (χ0v) is 16.9. The van der Waals surface area contributed by atoms with Crippen molar-refractivity contribution in [2.24, 2.45) is 0 Å². The van der Waals surface area contributed by atoms with Crippen LogP contribution in [0.2, 0.25) is 0 Å². The van der Waals surface area contributed by atoms with E-state index in [9.17, 15) is 0 Å². The first-order chi connectivity index (χ1) is 12.3. The maximum absolute atomic E-state index is 5.32. The van der Waals surface area contributed by atoms with Gasteiger partial charge in [0.05, 0.1) is 42.4 Å². The van der Waals surface area contributed by atoms with Crippen LogP contribution in [-0.4, -0.2) is 64.5 Å². The molecule has 140 valence electrons. The highest BCUT2D eigenvalue weighted by atomic mass is 16.5. The van der Waals surface area contributed by atoms with Gasteiger partial charge in [-0.25, -0.2) is 0 Å². The second-order valence-corrected chi connectivity index (χ2v) is 8.50. The zero-order valence-electron chi connectivity index (χ0n) is 16.9. The van der Waals surface area contributed by atoms with Crippen LogP contribution in [0.25, 0.3) is 0 Å². The number of hydrogen-bond acceptors (Lipinski definition) is 2. The van der Waals surface area contributed by atoms with E-state index >= 15 is 0 Å². The molecule has 1 saturated heterocycles. The van der Waals surface area contributed by atoms with E-state index in [1.807, 2.05) is 0 Å². The van der Waals surface area contributed by atoms with Crippen LogP contribution < -0.4 is 9.47 Å². The number of piperazine rings is 1. The molecule has 1 aliphatic rings. The molecule has 2 aromatic carbocycles. The van der Waals surface area contributed by atoms with Gasteiger partial charge in [0, 0.05) is 11.1 Å². The number of methoxy groups -OCH3 is 2. The van der Waals surface area contributed by atoms with Gasteiger partial charge in [-0.05, 0) is 48.5 Å². The van der Waals surface area contributed by atoms with Gasteiger partial charge in [-0.1, -0.05) is 0 Å². The summed E-state index contributed by atoms with van der Waals surface area (Å²) in [6.07, 6.45) is 0. The third kappa shape index (κ3) is 3.57. The molecular formula is C22H32N2O2+2. The molecule has 1 fully saturated rings.